The van der Waals surface area contributed by atoms with Gasteiger partial charge in [-0.05, 0) is 35.4 Å². The second-order valence-electron chi connectivity index (χ2n) is 5.04. The Balaban J connectivity index is 1.87. The third-order valence-electron chi connectivity index (χ3n) is 3.24. The Hall–Kier alpha value is -1.40. The van der Waals surface area contributed by atoms with Gasteiger partial charge in [-0.25, -0.2) is 0 Å². The van der Waals surface area contributed by atoms with Crippen molar-refractivity contribution >= 4 is 11.8 Å². The van der Waals surface area contributed by atoms with Gasteiger partial charge < -0.3 is 5.32 Å². The molecule has 20 heavy (non-hydrogen) atoms. The quantitative estimate of drug-likeness (QED) is 0.627. The molecule has 0 saturated heterocycles. The van der Waals surface area contributed by atoms with Crippen LogP contribution in [0, 0.1) is 5.92 Å². The van der Waals surface area contributed by atoms with Gasteiger partial charge in [0.05, 0.1) is 5.69 Å². The zero-order valence-corrected chi connectivity index (χ0v) is 13.0. The lowest BCUT2D eigenvalue weighted by Gasteiger charge is -2.16. The molecule has 2 aromatic rings. The zero-order chi connectivity index (χ0) is 14.4. The first-order valence-corrected chi connectivity index (χ1v) is 7.87. The van der Waals surface area contributed by atoms with Gasteiger partial charge in [-0.1, -0.05) is 43.8 Å². The number of tetrazole rings is 1. The highest BCUT2D eigenvalue weighted by molar-refractivity contribution is 7.99. The van der Waals surface area contributed by atoms with E-state index in [1.54, 1.807) is 16.4 Å². The number of benzene rings is 1. The molecule has 0 aliphatic heterocycles. The molecule has 1 N–H and O–H groups in total. The number of aromatic nitrogens is 4. The van der Waals surface area contributed by atoms with Crippen LogP contribution < -0.4 is 5.32 Å². The number of rotatable bonds is 7. The van der Waals surface area contributed by atoms with Crippen LogP contribution >= 0.6 is 11.8 Å². The molecule has 108 valence electrons. The van der Waals surface area contributed by atoms with Crippen LogP contribution in [0.4, 0.5) is 0 Å². The molecule has 5 nitrogen and oxygen atoms in total. The predicted octanol–water partition coefficient (Wildman–Crippen LogP) is 2.39. The van der Waals surface area contributed by atoms with Gasteiger partial charge in [0.1, 0.15) is 0 Å². The van der Waals surface area contributed by atoms with Crippen molar-refractivity contribution in [2.24, 2.45) is 5.92 Å². The number of nitrogens with one attached hydrogen (secondary N) is 1. The highest BCUT2D eigenvalue weighted by Gasteiger charge is 2.09. The first-order chi connectivity index (χ1) is 9.68. The summed E-state index contributed by atoms with van der Waals surface area (Å²) >= 11 is 1.67. The number of para-hydroxylation sites is 1. The van der Waals surface area contributed by atoms with Crippen molar-refractivity contribution in [3.8, 4) is 5.69 Å². The second kappa shape index (κ2) is 7.40. The number of nitrogens with zero attached hydrogens (tertiary/aromatic N) is 4. The average Bonchev–Trinajstić information content (AvgIpc) is 2.92. The van der Waals surface area contributed by atoms with Crippen molar-refractivity contribution in [2.45, 2.75) is 32.0 Å². The molecule has 0 radical (unpaired) electrons. The van der Waals surface area contributed by atoms with Crippen LogP contribution in [0.1, 0.15) is 20.8 Å². The Bertz CT molecular complexity index is 511. The van der Waals surface area contributed by atoms with Crippen molar-refractivity contribution in [1.82, 2.24) is 25.5 Å². The van der Waals surface area contributed by atoms with Gasteiger partial charge in [-0.15, -0.1) is 5.10 Å². The van der Waals surface area contributed by atoms with Crippen LogP contribution in [0.5, 0.6) is 0 Å². The van der Waals surface area contributed by atoms with Crippen molar-refractivity contribution in [1.29, 1.82) is 0 Å². The van der Waals surface area contributed by atoms with E-state index in [-0.39, 0.29) is 0 Å². The van der Waals surface area contributed by atoms with E-state index in [2.05, 4.69) is 41.6 Å². The number of hydrogen-bond acceptors (Lipinski definition) is 5. The van der Waals surface area contributed by atoms with E-state index in [0.717, 1.165) is 23.1 Å². The minimum Gasteiger partial charge on any atom is -0.313 e. The summed E-state index contributed by atoms with van der Waals surface area (Å²) in [5, 5.41) is 16.2. The minimum atomic E-state index is 0.528. The summed E-state index contributed by atoms with van der Waals surface area (Å²) in [6.45, 7) is 7.61. The fourth-order valence-corrected chi connectivity index (χ4v) is 2.43. The molecule has 0 amide bonds. The molecule has 0 aliphatic carbocycles. The lowest BCUT2D eigenvalue weighted by Crippen LogP contribution is -2.32. The largest absolute Gasteiger partial charge is 0.313 e. The Labute approximate surface area is 124 Å². The van der Waals surface area contributed by atoms with Gasteiger partial charge in [-0.2, -0.15) is 4.68 Å². The summed E-state index contributed by atoms with van der Waals surface area (Å²) in [5.41, 5.74) is 0.989. The smallest absolute Gasteiger partial charge is 0.214 e. The number of thioether (sulfide) groups is 1. The lowest BCUT2D eigenvalue weighted by atomic mass is 10.1. The van der Waals surface area contributed by atoms with E-state index >= 15 is 0 Å². The van der Waals surface area contributed by atoms with Crippen molar-refractivity contribution in [3.05, 3.63) is 30.3 Å². The molecule has 1 aromatic carbocycles. The van der Waals surface area contributed by atoms with E-state index in [4.69, 9.17) is 0 Å². The Morgan fingerprint density at radius 1 is 1.20 bits per heavy atom. The van der Waals surface area contributed by atoms with Gasteiger partial charge in [0.2, 0.25) is 5.16 Å². The molecule has 0 fully saturated rings. The van der Waals surface area contributed by atoms with Crippen molar-refractivity contribution < 1.29 is 0 Å². The molecular weight excluding hydrogens is 270 g/mol. The maximum Gasteiger partial charge on any atom is 0.214 e. The summed E-state index contributed by atoms with van der Waals surface area (Å²) in [5.74, 6) is 1.60. The van der Waals surface area contributed by atoms with Gasteiger partial charge in [0.25, 0.3) is 0 Å². The van der Waals surface area contributed by atoms with Crippen LogP contribution in [-0.4, -0.2) is 38.5 Å². The third-order valence-corrected chi connectivity index (χ3v) is 4.16. The molecule has 0 aliphatic rings. The first-order valence-electron chi connectivity index (χ1n) is 6.88. The van der Waals surface area contributed by atoms with Gasteiger partial charge in [-0.3, -0.25) is 0 Å². The van der Waals surface area contributed by atoms with Crippen LogP contribution in [0.15, 0.2) is 35.5 Å². The SMILES string of the molecule is CC(C)C(C)NCCSc1nnnn1-c1ccccc1. The van der Waals surface area contributed by atoms with E-state index < -0.39 is 0 Å². The second-order valence-corrected chi connectivity index (χ2v) is 6.11. The standard InChI is InChI=1S/C14H21N5S/c1-11(2)12(3)15-9-10-20-14-16-17-18-19(14)13-7-5-4-6-8-13/h4-8,11-12,15H,9-10H2,1-3H3. The van der Waals surface area contributed by atoms with Crippen LogP contribution in [0.2, 0.25) is 0 Å². The zero-order valence-electron chi connectivity index (χ0n) is 12.2. The van der Waals surface area contributed by atoms with Crippen LogP contribution in [0.25, 0.3) is 5.69 Å². The molecule has 1 unspecified atom stereocenters. The van der Waals surface area contributed by atoms with Crippen LogP contribution in [-0.2, 0) is 0 Å². The molecule has 1 aromatic heterocycles. The van der Waals surface area contributed by atoms with Crippen LogP contribution in [0.3, 0.4) is 0 Å². The van der Waals surface area contributed by atoms with E-state index in [0.29, 0.717) is 12.0 Å². The molecule has 0 saturated carbocycles. The van der Waals surface area contributed by atoms with Crippen molar-refractivity contribution in [3.63, 3.8) is 0 Å². The highest BCUT2D eigenvalue weighted by Crippen LogP contribution is 2.17. The lowest BCUT2D eigenvalue weighted by molar-refractivity contribution is 0.438. The van der Waals surface area contributed by atoms with E-state index in [9.17, 15) is 0 Å². The summed E-state index contributed by atoms with van der Waals surface area (Å²) < 4.78 is 1.77. The molecular formula is C14H21N5S. The minimum absolute atomic E-state index is 0.528. The highest BCUT2D eigenvalue weighted by atomic mass is 32.2. The summed E-state index contributed by atoms with van der Waals surface area (Å²) in [7, 11) is 0. The Morgan fingerprint density at radius 3 is 2.65 bits per heavy atom. The topological polar surface area (TPSA) is 55.6 Å². The Kier molecular flexibility index (Phi) is 5.55. The van der Waals surface area contributed by atoms with E-state index in [1.807, 2.05) is 30.3 Å². The summed E-state index contributed by atoms with van der Waals surface area (Å²) in [6, 6.07) is 10.5. The normalized spacial score (nSPS) is 12.8. The van der Waals surface area contributed by atoms with Gasteiger partial charge in [0.15, 0.2) is 0 Å². The maximum atomic E-state index is 4.08. The third kappa shape index (κ3) is 4.05. The van der Waals surface area contributed by atoms with Gasteiger partial charge >= 0.3 is 0 Å². The molecule has 0 bridgehead atoms. The number of hydrogen-bond donors (Lipinski definition) is 1. The molecule has 1 heterocycles. The molecule has 6 heteroatoms. The molecule has 0 spiro atoms. The van der Waals surface area contributed by atoms with E-state index in [1.165, 1.54) is 0 Å². The average molecular weight is 291 g/mol. The maximum absolute atomic E-state index is 4.08. The van der Waals surface area contributed by atoms with Crippen molar-refractivity contribution in [2.75, 3.05) is 12.3 Å². The molecule has 2 rings (SSSR count). The monoisotopic (exact) mass is 291 g/mol. The van der Waals surface area contributed by atoms with Gasteiger partial charge in [0, 0.05) is 18.3 Å². The molecule has 1 atom stereocenters. The fraction of sp³-hybridized carbons (Fsp3) is 0.500. The predicted molar refractivity (Wildman–Crippen MR) is 82.2 cm³/mol. The Morgan fingerprint density at radius 2 is 1.95 bits per heavy atom. The first kappa shape index (κ1) is 15.0. The summed E-state index contributed by atoms with van der Waals surface area (Å²) in [6.07, 6.45) is 0. The fourth-order valence-electron chi connectivity index (χ4n) is 1.66. The summed E-state index contributed by atoms with van der Waals surface area (Å²) in [4.78, 5) is 0.